The molecule has 1 atom stereocenters. The van der Waals surface area contributed by atoms with Crippen LogP contribution in [0, 0.1) is 13.8 Å². The van der Waals surface area contributed by atoms with Crippen molar-refractivity contribution < 1.29 is 14.0 Å². The van der Waals surface area contributed by atoms with Crippen LogP contribution in [0.15, 0.2) is 89.8 Å². The van der Waals surface area contributed by atoms with Crippen molar-refractivity contribution in [3.63, 3.8) is 0 Å². The Labute approximate surface area is 213 Å². The number of pyridine rings is 1. The molecule has 0 radical (unpaired) electrons. The summed E-state index contributed by atoms with van der Waals surface area (Å²) in [5.74, 6) is -0.0590. The van der Waals surface area contributed by atoms with Gasteiger partial charge in [0.1, 0.15) is 23.9 Å². The molecule has 9 heteroatoms. The van der Waals surface area contributed by atoms with E-state index in [2.05, 4.69) is 20.6 Å². The number of hydrogen-bond acceptors (Lipinski definition) is 6. The van der Waals surface area contributed by atoms with E-state index in [9.17, 15) is 9.59 Å². The summed E-state index contributed by atoms with van der Waals surface area (Å²) in [5, 5.41) is 11.3. The maximum absolute atomic E-state index is 14.1. The summed E-state index contributed by atoms with van der Waals surface area (Å²) >= 11 is 0. The Morgan fingerprint density at radius 1 is 1.00 bits per heavy atom. The molecular formula is C28H26N6O3. The molecule has 5 aromatic rings. The van der Waals surface area contributed by atoms with Crippen LogP contribution in [0.5, 0.6) is 0 Å². The minimum absolute atomic E-state index is 0.101. The molecule has 0 bridgehead atoms. The smallest absolute Gasteiger partial charge is 0.249 e. The Morgan fingerprint density at radius 2 is 1.81 bits per heavy atom. The maximum atomic E-state index is 14.1. The average molecular weight is 495 g/mol. The molecule has 0 aliphatic carbocycles. The number of carbonyl (C=O) groups is 2. The van der Waals surface area contributed by atoms with Crippen molar-refractivity contribution in [3.05, 3.63) is 108 Å². The quantitative estimate of drug-likeness (QED) is 0.348. The standard InChI is InChI=1S/C28H26N6O3/c1-19-8-5-9-20(2)26(19)34(25(35)18-33-24-13-4-3-12-23(24)31-32-33)27(21-10-6-14-29-16-21)28(36)30-17-22-11-7-15-37-22/h3-16,27H,17-18H2,1-2H3,(H,30,36)/t27-/m1/s1. The van der Waals surface area contributed by atoms with Gasteiger partial charge < -0.3 is 9.73 Å². The number of rotatable bonds is 8. The zero-order valence-corrected chi connectivity index (χ0v) is 20.5. The highest BCUT2D eigenvalue weighted by Crippen LogP contribution is 2.33. The van der Waals surface area contributed by atoms with Crippen LogP contribution in [0.1, 0.15) is 28.5 Å². The van der Waals surface area contributed by atoms with E-state index in [4.69, 9.17) is 4.42 Å². The minimum Gasteiger partial charge on any atom is -0.467 e. The molecule has 2 aromatic carbocycles. The number of aryl methyl sites for hydroxylation is 2. The second-order valence-corrected chi connectivity index (χ2v) is 8.73. The second kappa shape index (κ2) is 10.4. The number of nitrogens with zero attached hydrogens (tertiary/aromatic N) is 5. The summed E-state index contributed by atoms with van der Waals surface area (Å²) < 4.78 is 6.94. The van der Waals surface area contributed by atoms with Gasteiger partial charge in [-0.3, -0.25) is 19.5 Å². The Balaban J connectivity index is 1.59. The topological polar surface area (TPSA) is 106 Å². The van der Waals surface area contributed by atoms with Crippen molar-refractivity contribution in [1.29, 1.82) is 0 Å². The van der Waals surface area contributed by atoms with Crippen molar-refractivity contribution in [2.75, 3.05) is 4.90 Å². The third-order valence-corrected chi connectivity index (χ3v) is 6.18. The van der Waals surface area contributed by atoms with Crippen molar-refractivity contribution in [1.82, 2.24) is 25.3 Å². The van der Waals surface area contributed by atoms with Gasteiger partial charge >= 0.3 is 0 Å². The first-order valence-electron chi connectivity index (χ1n) is 11.9. The van der Waals surface area contributed by atoms with Crippen LogP contribution in [0.3, 0.4) is 0 Å². The highest BCUT2D eigenvalue weighted by molar-refractivity contribution is 6.02. The molecular weight excluding hydrogens is 468 g/mol. The minimum atomic E-state index is -0.981. The fourth-order valence-electron chi connectivity index (χ4n) is 4.46. The van der Waals surface area contributed by atoms with Gasteiger partial charge in [-0.2, -0.15) is 0 Å². The number of para-hydroxylation sites is 2. The normalized spacial score (nSPS) is 11.8. The summed E-state index contributed by atoms with van der Waals surface area (Å²) in [6.07, 6.45) is 4.79. The summed E-state index contributed by atoms with van der Waals surface area (Å²) in [7, 11) is 0. The van der Waals surface area contributed by atoms with E-state index in [1.54, 1.807) is 52.5 Å². The lowest BCUT2D eigenvalue weighted by atomic mass is 10.0. The van der Waals surface area contributed by atoms with Crippen LogP contribution in [-0.2, 0) is 22.7 Å². The van der Waals surface area contributed by atoms with Gasteiger partial charge in [-0.15, -0.1) is 5.10 Å². The van der Waals surface area contributed by atoms with Gasteiger partial charge in [-0.25, -0.2) is 4.68 Å². The molecule has 5 rings (SSSR count). The first-order valence-corrected chi connectivity index (χ1v) is 11.9. The van der Waals surface area contributed by atoms with Gasteiger partial charge in [-0.05, 0) is 55.3 Å². The van der Waals surface area contributed by atoms with Crippen molar-refractivity contribution in [2.45, 2.75) is 33.0 Å². The largest absolute Gasteiger partial charge is 0.467 e. The SMILES string of the molecule is Cc1cccc(C)c1N(C(=O)Cn1nnc2ccccc21)[C@@H](C(=O)NCc1ccco1)c1cccnc1. The molecule has 0 saturated heterocycles. The van der Waals surface area contributed by atoms with Gasteiger partial charge in [0.05, 0.1) is 24.0 Å². The molecule has 2 amide bonds. The van der Waals surface area contributed by atoms with Crippen molar-refractivity contribution in [2.24, 2.45) is 0 Å². The predicted octanol–water partition coefficient (Wildman–Crippen LogP) is 4.13. The Morgan fingerprint density at radius 3 is 2.54 bits per heavy atom. The number of fused-ring (bicyclic) bond motifs is 1. The summed E-state index contributed by atoms with van der Waals surface area (Å²) in [4.78, 5) is 33.7. The van der Waals surface area contributed by atoms with E-state index < -0.39 is 6.04 Å². The molecule has 0 spiro atoms. The monoisotopic (exact) mass is 494 g/mol. The predicted molar refractivity (Wildman–Crippen MR) is 138 cm³/mol. The van der Waals surface area contributed by atoms with E-state index in [1.807, 2.05) is 56.3 Å². The molecule has 3 aromatic heterocycles. The van der Waals surface area contributed by atoms with Gasteiger partial charge in [0, 0.05) is 18.0 Å². The summed E-state index contributed by atoms with van der Waals surface area (Å²) in [6.45, 7) is 3.94. The molecule has 186 valence electrons. The molecule has 1 N–H and O–H groups in total. The number of carbonyl (C=O) groups excluding carboxylic acids is 2. The van der Waals surface area contributed by atoms with Crippen LogP contribution in [0.25, 0.3) is 11.0 Å². The number of benzene rings is 2. The number of amides is 2. The summed E-state index contributed by atoms with van der Waals surface area (Å²) in [5.41, 5.74) is 4.40. The van der Waals surface area contributed by atoms with Gasteiger partial charge in [0.2, 0.25) is 11.8 Å². The van der Waals surface area contributed by atoms with E-state index in [0.29, 0.717) is 22.5 Å². The van der Waals surface area contributed by atoms with Gasteiger partial charge in [0.25, 0.3) is 0 Å². The molecule has 0 aliphatic rings. The van der Waals surface area contributed by atoms with Crippen molar-refractivity contribution in [3.8, 4) is 0 Å². The highest BCUT2D eigenvalue weighted by Gasteiger charge is 2.35. The van der Waals surface area contributed by atoms with E-state index in [0.717, 1.165) is 16.6 Å². The Hall–Kier alpha value is -4.79. The number of nitrogens with one attached hydrogen (secondary N) is 1. The molecule has 0 unspecified atom stereocenters. The Bertz CT molecular complexity index is 1510. The van der Waals surface area contributed by atoms with Crippen LogP contribution < -0.4 is 10.2 Å². The third-order valence-electron chi connectivity index (χ3n) is 6.18. The number of furan rings is 1. The molecule has 0 fully saturated rings. The first-order chi connectivity index (χ1) is 18.0. The van der Waals surface area contributed by atoms with Gasteiger partial charge in [-0.1, -0.05) is 41.6 Å². The van der Waals surface area contributed by atoms with Crippen LogP contribution >= 0.6 is 0 Å². The third kappa shape index (κ3) is 4.97. The lowest BCUT2D eigenvalue weighted by Crippen LogP contribution is -2.45. The van der Waals surface area contributed by atoms with E-state index in [1.165, 1.54) is 0 Å². The zero-order valence-electron chi connectivity index (χ0n) is 20.5. The van der Waals surface area contributed by atoms with E-state index in [-0.39, 0.29) is 24.9 Å². The highest BCUT2D eigenvalue weighted by atomic mass is 16.3. The van der Waals surface area contributed by atoms with Crippen LogP contribution in [0.2, 0.25) is 0 Å². The number of hydrogen-bond donors (Lipinski definition) is 1. The maximum Gasteiger partial charge on any atom is 0.249 e. The summed E-state index contributed by atoms with van der Waals surface area (Å²) in [6, 6.07) is 19.3. The van der Waals surface area contributed by atoms with Gasteiger partial charge in [0.15, 0.2) is 0 Å². The van der Waals surface area contributed by atoms with Crippen LogP contribution in [0.4, 0.5) is 5.69 Å². The first kappa shape index (κ1) is 23.9. The lowest BCUT2D eigenvalue weighted by Gasteiger charge is -2.33. The fraction of sp³-hybridized carbons (Fsp3) is 0.179. The fourth-order valence-corrected chi connectivity index (χ4v) is 4.46. The number of aromatic nitrogens is 4. The van der Waals surface area contributed by atoms with Crippen LogP contribution in [-0.4, -0.2) is 31.8 Å². The second-order valence-electron chi connectivity index (χ2n) is 8.73. The molecule has 9 nitrogen and oxygen atoms in total. The Kier molecular flexibility index (Phi) is 6.76. The van der Waals surface area contributed by atoms with E-state index >= 15 is 0 Å². The number of anilines is 1. The molecule has 37 heavy (non-hydrogen) atoms. The zero-order chi connectivity index (χ0) is 25.8. The molecule has 0 aliphatic heterocycles. The molecule has 0 saturated carbocycles. The average Bonchev–Trinajstić information content (AvgIpc) is 3.57. The molecule has 3 heterocycles. The lowest BCUT2D eigenvalue weighted by molar-refractivity contribution is -0.127. The van der Waals surface area contributed by atoms with Crippen molar-refractivity contribution >= 4 is 28.5 Å².